The second-order valence-corrected chi connectivity index (χ2v) is 5.46. The van der Waals surface area contributed by atoms with E-state index in [1.54, 1.807) is 0 Å². The normalized spacial score (nSPS) is 25.6. The maximum Gasteiger partial charge on any atom is 0.0625 e. The second kappa shape index (κ2) is 5.85. The van der Waals surface area contributed by atoms with Gasteiger partial charge in [0.05, 0.1) is 11.4 Å². The van der Waals surface area contributed by atoms with Crippen molar-refractivity contribution < 1.29 is 0 Å². The van der Waals surface area contributed by atoms with E-state index in [2.05, 4.69) is 41.5 Å². The monoisotopic (exact) mass is 250 g/mol. The number of rotatable bonds is 4. The van der Waals surface area contributed by atoms with E-state index in [1.807, 2.05) is 0 Å². The number of hydrogen-bond acceptors (Lipinski definition) is 3. The molecule has 2 rings (SSSR count). The maximum absolute atomic E-state index is 6.07. The molecule has 4 nitrogen and oxygen atoms in total. The largest absolute Gasteiger partial charge is 0.327 e. The van der Waals surface area contributed by atoms with Gasteiger partial charge in [-0.2, -0.15) is 5.10 Å². The van der Waals surface area contributed by atoms with Gasteiger partial charge in [0.1, 0.15) is 0 Å². The van der Waals surface area contributed by atoms with Gasteiger partial charge in [-0.25, -0.2) is 0 Å². The van der Waals surface area contributed by atoms with Gasteiger partial charge in [-0.3, -0.25) is 9.58 Å². The van der Waals surface area contributed by atoms with Gasteiger partial charge in [0.2, 0.25) is 0 Å². The van der Waals surface area contributed by atoms with Gasteiger partial charge >= 0.3 is 0 Å². The second-order valence-electron chi connectivity index (χ2n) is 5.46. The highest BCUT2D eigenvalue weighted by atomic mass is 15.3. The van der Waals surface area contributed by atoms with Crippen LogP contribution < -0.4 is 5.73 Å². The molecule has 4 heteroatoms. The Morgan fingerprint density at radius 1 is 1.44 bits per heavy atom. The molecule has 1 aliphatic heterocycles. The minimum atomic E-state index is 0.378. The van der Waals surface area contributed by atoms with Gasteiger partial charge in [-0.1, -0.05) is 13.8 Å². The predicted octanol–water partition coefficient (Wildman–Crippen LogP) is 1.63. The summed E-state index contributed by atoms with van der Waals surface area (Å²) < 4.78 is 2.14. The van der Waals surface area contributed by atoms with Gasteiger partial charge in [0.15, 0.2) is 0 Å². The molecule has 2 N–H and O–H groups in total. The van der Waals surface area contributed by atoms with Gasteiger partial charge < -0.3 is 5.73 Å². The van der Waals surface area contributed by atoms with Crippen molar-refractivity contribution in [2.45, 2.75) is 52.7 Å². The minimum absolute atomic E-state index is 0.378. The summed E-state index contributed by atoms with van der Waals surface area (Å²) in [7, 11) is 0. The first-order valence-corrected chi connectivity index (χ1v) is 7.17. The lowest BCUT2D eigenvalue weighted by Crippen LogP contribution is -2.45. The maximum atomic E-state index is 6.07. The summed E-state index contributed by atoms with van der Waals surface area (Å²) in [4.78, 5) is 2.51. The van der Waals surface area contributed by atoms with Crippen LogP contribution in [-0.2, 0) is 19.5 Å². The number of hydrogen-bond donors (Lipinski definition) is 1. The highest BCUT2D eigenvalue weighted by molar-refractivity contribution is 5.10. The molecule has 2 unspecified atom stereocenters. The Hall–Kier alpha value is -0.870. The average molecular weight is 250 g/mol. The Morgan fingerprint density at radius 2 is 2.22 bits per heavy atom. The van der Waals surface area contributed by atoms with Crippen molar-refractivity contribution in [3.63, 3.8) is 0 Å². The van der Waals surface area contributed by atoms with Crippen LogP contribution in [0.5, 0.6) is 0 Å². The van der Waals surface area contributed by atoms with Crippen LogP contribution in [0.15, 0.2) is 6.07 Å². The van der Waals surface area contributed by atoms with Crippen LogP contribution in [0.25, 0.3) is 0 Å². The van der Waals surface area contributed by atoms with Crippen molar-refractivity contribution in [2.24, 2.45) is 11.7 Å². The fourth-order valence-electron chi connectivity index (χ4n) is 2.71. The molecule has 0 spiro atoms. The van der Waals surface area contributed by atoms with E-state index >= 15 is 0 Å². The quantitative estimate of drug-likeness (QED) is 0.883. The molecule has 0 bridgehead atoms. The first-order valence-electron chi connectivity index (χ1n) is 7.17. The molecule has 18 heavy (non-hydrogen) atoms. The van der Waals surface area contributed by atoms with E-state index in [0.717, 1.165) is 39.0 Å². The van der Waals surface area contributed by atoms with Crippen molar-refractivity contribution in [1.29, 1.82) is 0 Å². The first kappa shape index (κ1) is 13.6. The molecule has 0 aromatic carbocycles. The molecule has 2 heterocycles. The standard InChI is InChI=1S/C14H26N4/c1-4-12-8-13(18(5-2)16-12)10-17-7-6-14(15)11(3)9-17/h8,11,14H,4-7,9-10,15H2,1-3H3. The van der Waals surface area contributed by atoms with E-state index in [4.69, 9.17) is 5.73 Å². The van der Waals surface area contributed by atoms with Crippen molar-refractivity contribution in [2.75, 3.05) is 13.1 Å². The highest BCUT2D eigenvalue weighted by Crippen LogP contribution is 2.18. The molecule has 0 radical (unpaired) electrons. The van der Waals surface area contributed by atoms with Crippen LogP contribution in [0.4, 0.5) is 0 Å². The Morgan fingerprint density at radius 3 is 2.83 bits per heavy atom. The fraction of sp³-hybridized carbons (Fsp3) is 0.786. The number of likely N-dealkylation sites (tertiary alicyclic amines) is 1. The van der Waals surface area contributed by atoms with E-state index in [1.165, 1.54) is 11.4 Å². The van der Waals surface area contributed by atoms with Gasteiger partial charge in [0, 0.05) is 32.2 Å². The molecular weight excluding hydrogens is 224 g/mol. The number of aromatic nitrogens is 2. The summed E-state index contributed by atoms with van der Waals surface area (Å²) in [6.45, 7) is 10.8. The lowest BCUT2D eigenvalue weighted by molar-refractivity contribution is 0.154. The SMILES string of the molecule is CCc1cc(CN2CCC(N)C(C)C2)n(CC)n1. The lowest BCUT2D eigenvalue weighted by atomic mass is 9.95. The van der Waals surface area contributed by atoms with Crippen LogP contribution in [0.2, 0.25) is 0 Å². The molecule has 2 atom stereocenters. The van der Waals surface area contributed by atoms with E-state index in [-0.39, 0.29) is 0 Å². The lowest BCUT2D eigenvalue weighted by Gasteiger charge is -2.35. The summed E-state index contributed by atoms with van der Waals surface area (Å²) in [5, 5.41) is 4.61. The zero-order chi connectivity index (χ0) is 13.1. The summed E-state index contributed by atoms with van der Waals surface area (Å²) in [6.07, 6.45) is 2.13. The predicted molar refractivity (Wildman–Crippen MR) is 74.3 cm³/mol. The van der Waals surface area contributed by atoms with Gasteiger partial charge in [-0.05, 0) is 31.7 Å². The summed E-state index contributed by atoms with van der Waals surface area (Å²) >= 11 is 0. The molecule has 102 valence electrons. The van der Waals surface area contributed by atoms with Crippen LogP contribution in [-0.4, -0.2) is 33.8 Å². The minimum Gasteiger partial charge on any atom is -0.327 e. The third-order valence-electron chi connectivity index (χ3n) is 4.02. The summed E-state index contributed by atoms with van der Waals surface area (Å²) in [5.41, 5.74) is 8.62. The third-order valence-corrected chi connectivity index (χ3v) is 4.02. The average Bonchev–Trinajstić information content (AvgIpc) is 2.76. The van der Waals surface area contributed by atoms with Gasteiger partial charge in [0.25, 0.3) is 0 Å². The molecule has 1 fully saturated rings. The molecule has 0 saturated carbocycles. The van der Waals surface area contributed by atoms with Gasteiger partial charge in [-0.15, -0.1) is 0 Å². The molecule has 1 saturated heterocycles. The third kappa shape index (κ3) is 2.93. The van der Waals surface area contributed by atoms with Crippen LogP contribution in [0, 0.1) is 5.92 Å². The molecule has 1 aromatic rings. The Balaban J connectivity index is 2.02. The van der Waals surface area contributed by atoms with E-state index in [9.17, 15) is 0 Å². The molecule has 1 aliphatic rings. The zero-order valence-electron chi connectivity index (χ0n) is 11.9. The number of nitrogens with two attached hydrogens (primary N) is 1. The molecular formula is C14H26N4. The van der Waals surface area contributed by atoms with Crippen molar-refractivity contribution in [3.05, 3.63) is 17.5 Å². The fourth-order valence-corrected chi connectivity index (χ4v) is 2.71. The van der Waals surface area contributed by atoms with Crippen LogP contribution in [0.1, 0.15) is 38.6 Å². The van der Waals surface area contributed by atoms with Crippen molar-refractivity contribution in [1.82, 2.24) is 14.7 Å². The van der Waals surface area contributed by atoms with Crippen molar-refractivity contribution >= 4 is 0 Å². The van der Waals surface area contributed by atoms with E-state index < -0.39 is 0 Å². The van der Waals surface area contributed by atoms with Crippen LogP contribution in [0.3, 0.4) is 0 Å². The Bertz CT molecular complexity index is 385. The Labute approximate surface area is 110 Å². The highest BCUT2D eigenvalue weighted by Gasteiger charge is 2.23. The number of nitrogens with zero attached hydrogens (tertiary/aromatic N) is 3. The van der Waals surface area contributed by atoms with E-state index in [0.29, 0.717) is 12.0 Å². The first-order chi connectivity index (χ1) is 8.63. The Kier molecular flexibility index (Phi) is 4.40. The van der Waals surface area contributed by atoms with Crippen LogP contribution >= 0.6 is 0 Å². The molecule has 0 amide bonds. The van der Waals surface area contributed by atoms with Crippen molar-refractivity contribution in [3.8, 4) is 0 Å². The summed E-state index contributed by atoms with van der Waals surface area (Å²) in [6, 6.07) is 2.63. The molecule has 1 aromatic heterocycles. The summed E-state index contributed by atoms with van der Waals surface area (Å²) in [5.74, 6) is 0.599. The molecule has 0 aliphatic carbocycles. The smallest absolute Gasteiger partial charge is 0.0625 e. The topological polar surface area (TPSA) is 47.1 Å². The zero-order valence-corrected chi connectivity index (χ0v) is 11.9. The number of aryl methyl sites for hydroxylation is 2. The number of piperidine rings is 1.